The van der Waals surface area contributed by atoms with Gasteiger partial charge in [-0.2, -0.15) is 0 Å². The number of hydrogen-bond donors (Lipinski definition) is 2. The van der Waals surface area contributed by atoms with Crippen molar-refractivity contribution in [3.05, 3.63) is 23.9 Å². The number of nitrogen functional groups attached to an aromatic ring is 1. The number of hydrogen-bond acceptors (Lipinski definition) is 4. The maximum atomic E-state index is 5.43. The standard InChI is InChI=1S/C15H24N4/c16-18-15-10-12(7-8-17-15)11-19-9-3-5-13-4-1-2-6-14(13)19/h7-8,10,13-14H,1-6,9,11,16H2,(H,17,18). The highest BCUT2D eigenvalue weighted by Gasteiger charge is 2.32. The Labute approximate surface area is 115 Å². The van der Waals surface area contributed by atoms with Gasteiger partial charge in [-0.3, -0.25) is 4.90 Å². The Kier molecular flexibility index (Phi) is 3.99. The van der Waals surface area contributed by atoms with E-state index < -0.39 is 0 Å². The number of likely N-dealkylation sites (tertiary alicyclic amines) is 1. The second kappa shape index (κ2) is 5.88. The number of pyridine rings is 1. The van der Waals surface area contributed by atoms with Crippen molar-refractivity contribution in [2.75, 3.05) is 12.0 Å². The van der Waals surface area contributed by atoms with Crippen molar-refractivity contribution in [2.45, 2.75) is 51.1 Å². The lowest BCUT2D eigenvalue weighted by atomic mass is 9.78. The number of anilines is 1. The molecule has 3 rings (SSSR count). The molecule has 0 aromatic carbocycles. The van der Waals surface area contributed by atoms with Crippen LogP contribution in [0.2, 0.25) is 0 Å². The van der Waals surface area contributed by atoms with Crippen molar-refractivity contribution in [2.24, 2.45) is 11.8 Å². The van der Waals surface area contributed by atoms with Crippen LogP contribution < -0.4 is 11.3 Å². The van der Waals surface area contributed by atoms with Crippen LogP contribution in [0.1, 0.15) is 44.1 Å². The number of rotatable bonds is 3. The third-order valence-corrected chi connectivity index (χ3v) is 4.72. The molecule has 2 heterocycles. The zero-order chi connectivity index (χ0) is 13.1. The van der Waals surface area contributed by atoms with Crippen LogP contribution in [-0.4, -0.2) is 22.5 Å². The van der Waals surface area contributed by atoms with Gasteiger partial charge in [0.05, 0.1) is 0 Å². The summed E-state index contributed by atoms with van der Waals surface area (Å²) in [6, 6.07) is 4.98. The summed E-state index contributed by atoms with van der Waals surface area (Å²) in [7, 11) is 0. The maximum absolute atomic E-state index is 5.43. The number of nitrogens with one attached hydrogen (secondary N) is 1. The summed E-state index contributed by atoms with van der Waals surface area (Å²) in [5.74, 6) is 7.13. The van der Waals surface area contributed by atoms with E-state index in [4.69, 9.17) is 5.84 Å². The molecule has 104 valence electrons. The maximum Gasteiger partial charge on any atom is 0.140 e. The zero-order valence-corrected chi connectivity index (χ0v) is 11.5. The van der Waals surface area contributed by atoms with Crippen LogP contribution in [0.3, 0.4) is 0 Å². The third-order valence-electron chi connectivity index (χ3n) is 4.72. The number of aromatic nitrogens is 1. The Bertz CT molecular complexity index is 418. The topological polar surface area (TPSA) is 54.2 Å². The van der Waals surface area contributed by atoms with E-state index in [2.05, 4.69) is 27.4 Å². The van der Waals surface area contributed by atoms with Gasteiger partial charge in [0.25, 0.3) is 0 Å². The first kappa shape index (κ1) is 12.9. The number of hydrazine groups is 1. The Hall–Kier alpha value is -1.13. The van der Waals surface area contributed by atoms with Crippen LogP contribution in [0.15, 0.2) is 18.3 Å². The third kappa shape index (κ3) is 2.90. The van der Waals surface area contributed by atoms with Crippen LogP contribution in [0.4, 0.5) is 5.82 Å². The van der Waals surface area contributed by atoms with Crippen LogP contribution in [0.25, 0.3) is 0 Å². The van der Waals surface area contributed by atoms with Crippen molar-refractivity contribution < 1.29 is 0 Å². The van der Waals surface area contributed by atoms with E-state index in [0.717, 1.165) is 24.3 Å². The van der Waals surface area contributed by atoms with Gasteiger partial charge in [0.15, 0.2) is 0 Å². The molecule has 2 aliphatic rings. The van der Waals surface area contributed by atoms with Crippen LogP contribution in [0.5, 0.6) is 0 Å². The SMILES string of the molecule is NNc1cc(CN2CCCC3CCCCC32)ccn1. The Morgan fingerprint density at radius 1 is 1.26 bits per heavy atom. The van der Waals surface area contributed by atoms with E-state index >= 15 is 0 Å². The number of fused-ring (bicyclic) bond motifs is 1. The summed E-state index contributed by atoms with van der Waals surface area (Å²) in [5, 5.41) is 0. The lowest BCUT2D eigenvalue weighted by molar-refractivity contribution is 0.0547. The first-order valence-electron chi connectivity index (χ1n) is 7.52. The van der Waals surface area contributed by atoms with Gasteiger partial charge in [0, 0.05) is 18.8 Å². The van der Waals surface area contributed by atoms with Crippen LogP contribution >= 0.6 is 0 Å². The molecule has 2 fully saturated rings. The fourth-order valence-corrected chi connectivity index (χ4v) is 3.81. The molecule has 4 nitrogen and oxygen atoms in total. The van der Waals surface area contributed by atoms with Crippen LogP contribution in [0, 0.1) is 5.92 Å². The predicted octanol–water partition coefficient (Wildman–Crippen LogP) is 2.52. The molecule has 2 unspecified atom stereocenters. The minimum Gasteiger partial charge on any atom is -0.308 e. The highest BCUT2D eigenvalue weighted by molar-refractivity contribution is 5.35. The van der Waals surface area contributed by atoms with E-state index in [1.54, 1.807) is 0 Å². The Morgan fingerprint density at radius 2 is 2.11 bits per heavy atom. The minimum atomic E-state index is 0.759. The summed E-state index contributed by atoms with van der Waals surface area (Å²) in [4.78, 5) is 6.86. The van der Waals surface area contributed by atoms with Gasteiger partial charge in [-0.15, -0.1) is 0 Å². The molecular weight excluding hydrogens is 236 g/mol. The molecule has 19 heavy (non-hydrogen) atoms. The van der Waals surface area contributed by atoms with E-state index in [0.29, 0.717) is 0 Å². The summed E-state index contributed by atoms with van der Waals surface area (Å²) < 4.78 is 0. The average molecular weight is 260 g/mol. The number of nitrogens with zero attached hydrogens (tertiary/aromatic N) is 2. The molecule has 4 heteroatoms. The number of nitrogens with two attached hydrogens (primary N) is 1. The highest BCUT2D eigenvalue weighted by atomic mass is 15.2. The molecule has 0 amide bonds. The zero-order valence-electron chi connectivity index (χ0n) is 11.5. The molecule has 0 spiro atoms. The van der Waals surface area contributed by atoms with E-state index in [1.165, 1.54) is 50.6 Å². The minimum absolute atomic E-state index is 0.759. The summed E-state index contributed by atoms with van der Waals surface area (Å²) in [6.45, 7) is 2.28. The van der Waals surface area contributed by atoms with Gasteiger partial charge >= 0.3 is 0 Å². The molecule has 1 saturated heterocycles. The van der Waals surface area contributed by atoms with Crippen molar-refractivity contribution in [1.82, 2.24) is 9.88 Å². The normalized spacial score (nSPS) is 27.8. The van der Waals surface area contributed by atoms with Crippen molar-refractivity contribution in [3.63, 3.8) is 0 Å². The van der Waals surface area contributed by atoms with Crippen molar-refractivity contribution in [1.29, 1.82) is 0 Å². The molecule has 2 atom stereocenters. The summed E-state index contributed by atoms with van der Waals surface area (Å²) in [5.41, 5.74) is 3.95. The second-order valence-electron chi connectivity index (χ2n) is 5.92. The first-order valence-corrected chi connectivity index (χ1v) is 7.52. The van der Waals surface area contributed by atoms with Crippen molar-refractivity contribution >= 4 is 5.82 Å². The first-order chi connectivity index (χ1) is 9.36. The largest absolute Gasteiger partial charge is 0.308 e. The highest BCUT2D eigenvalue weighted by Crippen LogP contribution is 2.35. The Balaban J connectivity index is 1.70. The van der Waals surface area contributed by atoms with Gasteiger partial charge in [0.2, 0.25) is 0 Å². The van der Waals surface area contributed by atoms with Gasteiger partial charge in [0.1, 0.15) is 5.82 Å². The molecule has 1 aromatic heterocycles. The summed E-state index contributed by atoms with van der Waals surface area (Å²) >= 11 is 0. The van der Waals surface area contributed by atoms with Gasteiger partial charge in [-0.1, -0.05) is 12.8 Å². The van der Waals surface area contributed by atoms with E-state index in [9.17, 15) is 0 Å². The van der Waals surface area contributed by atoms with E-state index in [1.807, 2.05) is 6.20 Å². The molecule has 3 N–H and O–H groups in total. The van der Waals surface area contributed by atoms with E-state index in [-0.39, 0.29) is 0 Å². The molecule has 1 saturated carbocycles. The molecular formula is C15H24N4. The fraction of sp³-hybridized carbons (Fsp3) is 0.667. The predicted molar refractivity (Wildman–Crippen MR) is 77.4 cm³/mol. The fourth-order valence-electron chi connectivity index (χ4n) is 3.81. The van der Waals surface area contributed by atoms with Gasteiger partial charge in [-0.25, -0.2) is 10.8 Å². The molecule has 1 aliphatic carbocycles. The summed E-state index contributed by atoms with van der Waals surface area (Å²) in [6.07, 6.45) is 10.3. The quantitative estimate of drug-likeness (QED) is 0.648. The smallest absolute Gasteiger partial charge is 0.140 e. The van der Waals surface area contributed by atoms with Crippen molar-refractivity contribution in [3.8, 4) is 0 Å². The van der Waals surface area contributed by atoms with Gasteiger partial charge in [-0.05, 0) is 55.8 Å². The monoisotopic (exact) mass is 260 g/mol. The number of piperidine rings is 1. The molecule has 0 bridgehead atoms. The molecule has 1 aromatic rings. The second-order valence-corrected chi connectivity index (χ2v) is 5.92. The molecule has 1 aliphatic heterocycles. The lowest BCUT2D eigenvalue weighted by Crippen LogP contribution is -2.46. The molecule has 0 radical (unpaired) electrons. The van der Waals surface area contributed by atoms with Crippen LogP contribution in [-0.2, 0) is 6.54 Å². The van der Waals surface area contributed by atoms with Gasteiger partial charge < -0.3 is 5.43 Å². The lowest BCUT2D eigenvalue weighted by Gasteiger charge is -2.44. The Morgan fingerprint density at radius 3 is 3.00 bits per heavy atom. The average Bonchev–Trinajstić information content (AvgIpc) is 2.48.